The number of fused-ring (bicyclic) bond motifs is 1. The van der Waals surface area contributed by atoms with Crippen molar-refractivity contribution in [2.45, 2.75) is 45.1 Å². The van der Waals surface area contributed by atoms with Gasteiger partial charge in [0.1, 0.15) is 6.04 Å². The lowest BCUT2D eigenvalue weighted by Crippen LogP contribution is -2.53. The summed E-state index contributed by atoms with van der Waals surface area (Å²) >= 11 is 7.37. The monoisotopic (exact) mass is 469 g/mol. The lowest BCUT2D eigenvalue weighted by Gasteiger charge is -2.36. The first-order valence-corrected chi connectivity index (χ1v) is 12.4. The molecule has 2 aromatic carbocycles. The number of rotatable bonds is 6. The Morgan fingerprint density at radius 3 is 2.50 bits per heavy atom. The lowest BCUT2D eigenvalue weighted by molar-refractivity contribution is -0.135. The number of nitrogens with one attached hydrogen (secondary N) is 1. The molecule has 1 aliphatic rings. The van der Waals surface area contributed by atoms with Crippen LogP contribution in [0.4, 0.5) is 0 Å². The highest BCUT2D eigenvalue weighted by Crippen LogP contribution is 2.30. The van der Waals surface area contributed by atoms with E-state index in [1.807, 2.05) is 55.1 Å². The summed E-state index contributed by atoms with van der Waals surface area (Å²) in [7, 11) is 0. The van der Waals surface area contributed by atoms with E-state index in [4.69, 9.17) is 11.6 Å². The number of aromatic nitrogens is 1. The van der Waals surface area contributed by atoms with Crippen LogP contribution in [0.1, 0.15) is 54.4 Å². The smallest absolute Gasteiger partial charge is 0.280 e. The predicted molar refractivity (Wildman–Crippen MR) is 130 cm³/mol. The zero-order chi connectivity index (χ0) is 22.7. The number of thiazole rings is 1. The molecule has 3 aromatic rings. The van der Waals surface area contributed by atoms with Gasteiger partial charge in [0.05, 0.1) is 10.2 Å². The Hall–Kier alpha value is -2.44. The van der Waals surface area contributed by atoms with Gasteiger partial charge in [0.25, 0.3) is 5.91 Å². The second-order valence-electron chi connectivity index (χ2n) is 8.47. The van der Waals surface area contributed by atoms with Crippen molar-refractivity contribution in [3.63, 3.8) is 0 Å². The topological polar surface area (TPSA) is 62.3 Å². The van der Waals surface area contributed by atoms with Gasteiger partial charge in [0.2, 0.25) is 5.91 Å². The van der Waals surface area contributed by atoms with Crippen molar-refractivity contribution in [3.05, 3.63) is 64.1 Å². The third-order valence-electron chi connectivity index (χ3n) is 6.40. The van der Waals surface area contributed by atoms with Crippen LogP contribution in [-0.2, 0) is 4.79 Å². The number of para-hydroxylation sites is 1. The SMILES string of the molecule is CCC(C)C(NC(=O)c1nc2ccccc2s1)C(=O)N1CCC(c2ccc(Cl)cc2)CC1. The maximum absolute atomic E-state index is 13.4. The van der Waals surface area contributed by atoms with Crippen molar-refractivity contribution in [1.82, 2.24) is 15.2 Å². The molecule has 2 atom stereocenters. The Balaban J connectivity index is 1.43. The van der Waals surface area contributed by atoms with Crippen LogP contribution in [0, 0.1) is 5.92 Å². The molecular weight excluding hydrogens is 442 g/mol. The molecule has 32 heavy (non-hydrogen) atoms. The minimum atomic E-state index is -0.549. The zero-order valence-electron chi connectivity index (χ0n) is 18.4. The highest BCUT2D eigenvalue weighted by atomic mass is 35.5. The summed E-state index contributed by atoms with van der Waals surface area (Å²) in [6.45, 7) is 5.44. The van der Waals surface area contributed by atoms with Crippen LogP contribution >= 0.6 is 22.9 Å². The molecule has 2 heterocycles. The number of piperidine rings is 1. The fraction of sp³-hybridized carbons (Fsp3) is 0.400. The molecule has 0 bridgehead atoms. The number of amides is 2. The Morgan fingerprint density at radius 2 is 1.84 bits per heavy atom. The molecule has 4 rings (SSSR count). The number of hydrogen-bond acceptors (Lipinski definition) is 4. The minimum absolute atomic E-state index is 0.00312. The van der Waals surface area contributed by atoms with E-state index < -0.39 is 6.04 Å². The van der Waals surface area contributed by atoms with Gasteiger partial charge in [-0.05, 0) is 54.5 Å². The Kier molecular flexibility index (Phi) is 7.11. The zero-order valence-corrected chi connectivity index (χ0v) is 20.0. The number of carbonyl (C=O) groups is 2. The molecule has 1 aliphatic heterocycles. The summed E-state index contributed by atoms with van der Waals surface area (Å²) in [5.74, 6) is 0.190. The second kappa shape index (κ2) is 10.0. The molecule has 0 aliphatic carbocycles. The van der Waals surface area contributed by atoms with E-state index >= 15 is 0 Å². The van der Waals surface area contributed by atoms with E-state index in [2.05, 4.69) is 22.4 Å². The molecule has 2 unspecified atom stereocenters. The molecule has 1 N–H and O–H groups in total. The standard InChI is InChI=1S/C25H28ClN3O2S/c1-3-16(2)22(28-23(30)24-27-20-6-4-5-7-21(20)32-24)25(31)29-14-12-18(13-15-29)17-8-10-19(26)11-9-17/h4-11,16,18,22H,3,12-15H2,1-2H3,(H,28,30). The van der Waals surface area contributed by atoms with Crippen molar-refractivity contribution >= 4 is 45.0 Å². The number of carbonyl (C=O) groups excluding carboxylic acids is 2. The summed E-state index contributed by atoms with van der Waals surface area (Å²) < 4.78 is 0.966. The molecule has 0 spiro atoms. The van der Waals surface area contributed by atoms with E-state index in [1.54, 1.807) is 0 Å². The first kappa shape index (κ1) is 22.7. The largest absolute Gasteiger partial charge is 0.341 e. The van der Waals surface area contributed by atoms with Crippen LogP contribution in [0.5, 0.6) is 0 Å². The van der Waals surface area contributed by atoms with Crippen LogP contribution in [0.15, 0.2) is 48.5 Å². The first-order valence-electron chi connectivity index (χ1n) is 11.2. The Morgan fingerprint density at radius 1 is 1.16 bits per heavy atom. The molecule has 1 fully saturated rings. The Labute approximate surface area is 197 Å². The summed E-state index contributed by atoms with van der Waals surface area (Å²) in [6, 6.07) is 15.1. The maximum atomic E-state index is 13.4. The van der Waals surface area contributed by atoms with Gasteiger partial charge in [0, 0.05) is 18.1 Å². The summed E-state index contributed by atoms with van der Waals surface area (Å²) in [4.78, 5) is 32.7. The van der Waals surface area contributed by atoms with Gasteiger partial charge in [-0.15, -0.1) is 11.3 Å². The molecule has 7 heteroatoms. The van der Waals surface area contributed by atoms with Gasteiger partial charge in [-0.2, -0.15) is 0 Å². The van der Waals surface area contributed by atoms with Crippen LogP contribution in [0.25, 0.3) is 10.2 Å². The van der Waals surface area contributed by atoms with Crippen LogP contribution in [0.3, 0.4) is 0 Å². The lowest BCUT2D eigenvalue weighted by atomic mass is 9.88. The van der Waals surface area contributed by atoms with Crippen molar-refractivity contribution in [2.24, 2.45) is 5.92 Å². The average molecular weight is 470 g/mol. The number of hydrogen-bond donors (Lipinski definition) is 1. The highest BCUT2D eigenvalue weighted by molar-refractivity contribution is 7.20. The van der Waals surface area contributed by atoms with E-state index in [0.717, 1.165) is 34.5 Å². The number of likely N-dealkylation sites (tertiary alicyclic amines) is 1. The van der Waals surface area contributed by atoms with Crippen molar-refractivity contribution in [1.29, 1.82) is 0 Å². The molecule has 5 nitrogen and oxygen atoms in total. The normalized spacial score (nSPS) is 16.7. The Bertz CT molecular complexity index is 1060. The van der Waals surface area contributed by atoms with Gasteiger partial charge < -0.3 is 10.2 Å². The fourth-order valence-corrected chi connectivity index (χ4v) is 5.22. The summed E-state index contributed by atoms with van der Waals surface area (Å²) in [5, 5.41) is 4.13. The molecular formula is C25H28ClN3O2S. The van der Waals surface area contributed by atoms with Gasteiger partial charge in [-0.3, -0.25) is 9.59 Å². The fourth-order valence-electron chi connectivity index (χ4n) is 4.22. The number of nitrogens with zero attached hydrogens (tertiary/aromatic N) is 2. The first-order chi connectivity index (χ1) is 15.5. The quantitative estimate of drug-likeness (QED) is 0.518. The van der Waals surface area contributed by atoms with E-state index in [1.165, 1.54) is 16.9 Å². The third kappa shape index (κ3) is 4.97. The van der Waals surface area contributed by atoms with E-state index in [-0.39, 0.29) is 17.7 Å². The van der Waals surface area contributed by atoms with Crippen molar-refractivity contribution < 1.29 is 9.59 Å². The van der Waals surface area contributed by atoms with Crippen molar-refractivity contribution in [3.8, 4) is 0 Å². The molecule has 1 saturated heterocycles. The van der Waals surface area contributed by atoms with Gasteiger partial charge in [0.15, 0.2) is 5.01 Å². The molecule has 0 saturated carbocycles. The number of benzene rings is 2. The second-order valence-corrected chi connectivity index (χ2v) is 9.94. The molecule has 2 amide bonds. The maximum Gasteiger partial charge on any atom is 0.280 e. The van der Waals surface area contributed by atoms with Crippen molar-refractivity contribution in [2.75, 3.05) is 13.1 Å². The molecule has 1 aromatic heterocycles. The minimum Gasteiger partial charge on any atom is -0.341 e. The van der Waals surface area contributed by atoms with Gasteiger partial charge >= 0.3 is 0 Å². The summed E-state index contributed by atoms with van der Waals surface area (Å²) in [5.41, 5.74) is 2.07. The van der Waals surface area contributed by atoms with E-state index in [0.29, 0.717) is 24.0 Å². The highest BCUT2D eigenvalue weighted by Gasteiger charge is 2.33. The number of halogens is 1. The van der Waals surface area contributed by atoms with E-state index in [9.17, 15) is 9.59 Å². The van der Waals surface area contributed by atoms with Crippen LogP contribution in [0.2, 0.25) is 5.02 Å². The summed E-state index contributed by atoms with van der Waals surface area (Å²) in [6.07, 6.45) is 2.62. The molecule has 0 radical (unpaired) electrons. The van der Waals surface area contributed by atoms with Gasteiger partial charge in [-0.1, -0.05) is 56.1 Å². The third-order valence-corrected chi connectivity index (χ3v) is 7.69. The van der Waals surface area contributed by atoms with Crippen LogP contribution < -0.4 is 5.32 Å². The van der Waals surface area contributed by atoms with Crippen LogP contribution in [-0.4, -0.2) is 40.8 Å². The molecule has 168 valence electrons. The average Bonchev–Trinajstić information content (AvgIpc) is 3.27. The van der Waals surface area contributed by atoms with Gasteiger partial charge in [-0.25, -0.2) is 4.98 Å². The predicted octanol–water partition coefficient (Wildman–Crippen LogP) is 5.50.